The number of methoxy groups -OCH3 is 1. The van der Waals surface area contributed by atoms with Gasteiger partial charge in [-0.15, -0.1) is 0 Å². The van der Waals surface area contributed by atoms with Crippen LogP contribution in [0.2, 0.25) is 5.02 Å². The second-order valence-corrected chi connectivity index (χ2v) is 21.4. The van der Waals surface area contributed by atoms with Crippen LogP contribution in [0, 0.1) is 17.3 Å². The molecule has 2 amide bonds. The Kier molecular flexibility index (Phi) is 14.8. The van der Waals surface area contributed by atoms with Crippen molar-refractivity contribution in [2.45, 2.75) is 83.3 Å². The van der Waals surface area contributed by atoms with Crippen molar-refractivity contribution in [3.63, 3.8) is 0 Å². The van der Waals surface area contributed by atoms with Crippen LogP contribution in [0.3, 0.4) is 0 Å². The molecule has 15 heteroatoms. The minimum atomic E-state index is -2.56. The van der Waals surface area contributed by atoms with Crippen LogP contribution in [0.25, 0.3) is 0 Å². The van der Waals surface area contributed by atoms with Crippen molar-refractivity contribution in [1.82, 2.24) is 25.1 Å². The topological polar surface area (TPSA) is 149 Å². The first kappa shape index (κ1) is 46.7. The van der Waals surface area contributed by atoms with Crippen molar-refractivity contribution in [3.05, 3.63) is 88.1 Å². The molecule has 1 aromatic heterocycles. The molecular weight excluding hydrogens is 847 g/mol. The van der Waals surface area contributed by atoms with Gasteiger partial charge in [0.15, 0.2) is 5.82 Å². The van der Waals surface area contributed by atoms with Gasteiger partial charge in [-0.3, -0.25) is 24.6 Å². The molecule has 7 rings (SSSR count). The fraction of sp³-hybridized carbons (Fsp3) is 0.449. The lowest BCUT2D eigenvalue weighted by Crippen LogP contribution is -2.54. The Morgan fingerprint density at radius 3 is 2.52 bits per heavy atom. The number of aryl methyl sites for hydroxylation is 1. The zero-order valence-electron chi connectivity index (χ0n) is 37.8. The lowest BCUT2D eigenvalue weighted by Gasteiger charge is -2.55. The number of piperidine rings is 2. The number of benzene rings is 3. The number of unbranched alkanes of at least 4 members (excludes halogenated alkanes) is 1. The molecule has 64 heavy (non-hydrogen) atoms. The summed E-state index contributed by atoms with van der Waals surface area (Å²) in [6, 6.07) is 17.4. The quantitative estimate of drug-likeness (QED) is 0.0329. The maximum atomic E-state index is 13.0. The fourth-order valence-electron chi connectivity index (χ4n) is 9.38. The van der Waals surface area contributed by atoms with Crippen LogP contribution in [0.4, 0.5) is 28.8 Å². The molecule has 3 fully saturated rings. The Bertz CT molecular complexity index is 2480. The minimum absolute atomic E-state index is 0.248. The van der Waals surface area contributed by atoms with Crippen LogP contribution in [0.5, 0.6) is 5.75 Å². The van der Waals surface area contributed by atoms with E-state index >= 15 is 0 Å². The summed E-state index contributed by atoms with van der Waals surface area (Å²) in [5.74, 6) is 7.57. The molecule has 13 nitrogen and oxygen atoms in total. The molecular formula is C49H60ClN8O5P. The first-order valence-electron chi connectivity index (χ1n) is 22.2. The highest BCUT2D eigenvalue weighted by atomic mass is 35.5. The van der Waals surface area contributed by atoms with Gasteiger partial charge in [0.25, 0.3) is 0 Å². The van der Waals surface area contributed by atoms with Crippen molar-refractivity contribution >= 4 is 71.0 Å². The molecule has 3 aliphatic rings. The number of anilines is 5. The third-order valence-electron chi connectivity index (χ3n) is 13.2. The van der Waals surface area contributed by atoms with Crippen molar-refractivity contribution < 1.29 is 23.7 Å². The smallest absolute Gasteiger partial charge is 0.243 e. The number of carbonyl (C=O) groups is 3. The van der Waals surface area contributed by atoms with E-state index in [1.54, 1.807) is 32.7 Å². The van der Waals surface area contributed by atoms with Crippen molar-refractivity contribution in [2.75, 3.05) is 69.7 Å². The maximum Gasteiger partial charge on any atom is 0.243 e. The number of halogens is 1. The molecule has 1 spiro atoms. The minimum Gasteiger partial charge on any atom is -0.494 e. The molecule has 2 saturated heterocycles. The van der Waals surface area contributed by atoms with Gasteiger partial charge >= 0.3 is 0 Å². The van der Waals surface area contributed by atoms with E-state index in [1.807, 2.05) is 48.3 Å². The van der Waals surface area contributed by atoms with E-state index < -0.39 is 13.2 Å². The zero-order chi connectivity index (χ0) is 45.6. The Morgan fingerprint density at radius 2 is 1.81 bits per heavy atom. The number of ether oxygens (including phenoxy) is 1. The van der Waals surface area contributed by atoms with E-state index in [2.05, 4.69) is 73.7 Å². The normalized spacial score (nSPS) is 17.5. The summed E-state index contributed by atoms with van der Waals surface area (Å²) in [7, 11) is 3.19. The third-order valence-corrected chi connectivity index (χ3v) is 15.0. The number of aromatic nitrogens is 2. The van der Waals surface area contributed by atoms with E-state index in [0.29, 0.717) is 64.6 Å². The molecule has 338 valence electrons. The third kappa shape index (κ3) is 10.8. The highest BCUT2D eigenvalue weighted by Crippen LogP contribution is 2.52. The Hall–Kier alpha value is -5.25. The zero-order valence-corrected chi connectivity index (χ0v) is 39.5. The summed E-state index contributed by atoms with van der Waals surface area (Å²) in [6.07, 6.45) is 10.4. The van der Waals surface area contributed by atoms with Gasteiger partial charge in [-0.2, -0.15) is 4.98 Å². The first-order valence-corrected chi connectivity index (χ1v) is 25.2. The van der Waals surface area contributed by atoms with E-state index in [1.165, 1.54) is 24.1 Å². The lowest BCUT2D eigenvalue weighted by molar-refractivity contribution is -0.137. The summed E-state index contributed by atoms with van der Waals surface area (Å²) in [5, 5.41) is 10.1. The number of likely N-dealkylation sites (N-methyl/N-ethyl adjacent to an activating group) is 1. The van der Waals surface area contributed by atoms with Crippen LogP contribution in [0.1, 0.15) is 85.3 Å². The van der Waals surface area contributed by atoms with Gasteiger partial charge in [-0.1, -0.05) is 54.6 Å². The van der Waals surface area contributed by atoms with Gasteiger partial charge in [0.2, 0.25) is 17.8 Å². The van der Waals surface area contributed by atoms with Crippen LogP contribution >= 0.6 is 18.7 Å². The standard InChI is InChI=1S/C49H60ClN8O5P/c1-7-33-26-40(53-48-51-30-38(50)46(55-48)52-39-17-10-11-18-44(39)64(5,6)62)43(63-4)27-42(33)58-24-21-49(22-25-58)28-36(29-49)56(2)23-12-8-9-14-34-15-13-16-35(32-59)37(34)31-57(3)41-19-20-45(60)54-47(41)61/h10-11,13,15-18,26-27,30,32,36,41H,7-8,12,19-25,28-29,31H2,1-6H3,(H,54,60,61)(H2,51,52,53,55). The number of imide groups is 1. The summed E-state index contributed by atoms with van der Waals surface area (Å²) in [5.41, 5.74) is 6.39. The van der Waals surface area contributed by atoms with Crippen LogP contribution < -0.4 is 30.9 Å². The SMILES string of the molecule is CCc1cc(Nc2ncc(Cl)c(Nc3ccccc3P(C)(C)=O)n2)c(OC)cc1N1CCC2(CC1)CC(N(C)CCCC#Cc1cccc(C=O)c1CN(C)C1CCC(=O)NC1=O)C2. The molecule has 1 aliphatic carbocycles. The Morgan fingerprint density at radius 1 is 1.05 bits per heavy atom. The van der Waals surface area contributed by atoms with E-state index in [0.717, 1.165) is 80.1 Å². The lowest BCUT2D eigenvalue weighted by atomic mass is 9.60. The van der Waals surface area contributed by atoms with Crippen molar-refractivity contribution in [2.24, 2.45) is 5.41 Å². The predicted molar refractivity (Wildman–Crippen MR) is 257 cm³/mol. The number of hydrogen-bond acceptors (Lipinski definition) is 12. The number of para-hydroxylation sites is 1. The van der Waals surface area contributed by atoms with E-state index in [9.17, 15) is 18.9 Å². The Labute approximate surface area is 382 Å². The monoisotopic (exact) mass is 906 g/mol. The van der Waals surface area contributed by atoms with Crippen LogP contribution in [0.15, 0.2) is 60.8 Å². The van der Waals surface area contributed by atoms with Gasteiger partial charge in [0.1, 0.15) is 24.2 Å². The molecule has 3 aromatic carbocycles. The van der Waals surface area contributed by atoms with E-state index in [-0.39, 0.29) is 11.8 Å². The largest absolute Gasteiger partial charge is 0.494 e. The maximum absolute atomic E-state index is 13.0. The highest BCUT2D eigenvalue weighted by Gasteiger charge is 2.47. The molecule has 1 saturated carbocycles. The molecule has 4 aromatic rings. The average molecular weight is 907 g/mol. The van der Waals surface area contributed by atoms with Crippen LogP contribution in [-0.2, 0) is 27.1 Å². The van der Waals surface area contributed by atoms with Crippen LogP contribution in [-0.4, -0.2) is 104 Å². The first-order chi connectivity index (χ1) is 30.7. The number of nitrogens with one attached hydrogen (secondary N) is 3. The summed E-state index contributed by atoms with van der Waals surface area (Å²) in [4.78, 5) is 52.1. The van der Waals surface area contributed by atoms with Gasteiger partial charge < -0.3 is 29.7 Å². The number of aldehydes is 1. The molecule has 0 bridgehead atoms. The second-order valence-electron chi connectivity index (χ2n) is 17.9. The number of nitrogens with zero attached hydrogens (tertiary/aromatic N) is 5. The molecule has 3 N–H and O–H groups in total. The predicted octanol–water partition coefficient (Wildman–Crippen LogP) is 8.00. The van der Waals surface area contributed by atoms with Gasteiger partial charge in [0, 0.05) is 66.7 Å². The average Bonchev–Trinajstić information content (AvgIpc) is 3.26. The number of rotatable bonds is 16. The summed E-state index contributed by atoms with van der Waals surface area (Å²) < 4.78 is 18.9. The molecule has 3 heterocycles. The molecule has 1 unspecified atom stereocenters. The van der Waals surface area contributed by atoms with E-state index in [4.69, 9.17) is 16.3 Å². The number of amides is 2. The number of carbonyl (C=O) groups excluding carboxylic acids is 3. The van der Waals surface area contributed by atoms with Gasteiger partial charge in [0.05, 0.1) is 30.7 Å². The van der Waals surface area contributed by atoms with Crippen molar-refractivity contribution in [1.29, 1.82) is 0 Å². The molecule has 2 aliphatic heterocycles. The highest BCUT2D eigenvalue weighted by molar-refractivity contribution is 7.70. The Balaban J connectivity index is 0.910. The summed E-state index contributed by atoms with van der Waals surface area (Å²) in [6.45, 7) is 8.98. The second kappa shape index (κ2) is 20.3. The number of hydrogen-bond donors (Lipinski definition) is 3. The molecule has 0 radical (unpaired) electrons. The van der Waals surface area contributed by atoms with Gasteiger partial charge in [-0.25, -0.2) is 4.98 Å². The molecule has 1 atom stereocenters. The fourth-order valence-corrected chi connectivity index (χ4v) is 10.7. The van der Waals surface area contributed by atoms with Gasteiger partial charge in [-0.05, 0) is 120 Å². The summed E-state index contributed by atoms with van der Waals surface area (Å²) >= 11 is 6.54. The van der Waals surface area contributed by atoms with Crippen molar-refractivity contribution in [3.8, 4) is 17.6 Å².